The first kappa shape index (κ1) is 27.3. The van der Waals surface area contributed by atoms with Crippen LogP contribution in [-0.4, -0.2) is 54.5 Å². The van der Waals surface area contributed by atoms with Crippen LogP contribution in [0.15, 0.2) is 103 Å². The van der Waals surface area contributed by atoms with E-state index in [1.54, 1.807) is 0 Å². The third kappa shape index (κ3) is 5.27. The van der Waals surface area contributed by atoms with Crippen molar-refractivity contribution in [3.63, 3.8) is 0 Å². The lowest BCUT2D eigenvalue weighted by atomic mass is 9.86. The number of rotatable bonds is 5. The van der Waals surface area contributed by atoms with Crippen LogP contribution in [0.1, 0.15) is 52.4 Å². The number of amides is 2. The maximum absolute atomic E-state index is 13.3. The number of piperidine rings is 1. The van der Waals surface area contributed by atoms with Gasteiger partial charge in [-0.15, -0.1) is 0 Å². The first-order chi connectivity index (χ1) is 21.1. The number of fused-ring (bicyclic) bond motifs is 5. The Morgan fingerprint density at radius 3 is 2.14 bits per heavy atom. The van der Waals surface area contributed by atoms with Gasteiger partial charge >= 0.3 is 6.09 Å². The van der Waals surface area contributed by atoms with Gasteiger partial charge in [-0.2, -0.15) is 0 Å². The molecule has 7 rings (SSSR count). The zero-order chi connectivity index (χ0) is 29.3. The van der Waals surface area contributed by atoms with Gasteiger partial charge in [-0.25, -0.2) is 4.79 Å². The van der Waals surface area contributed by atoms with Gasteiger partial charge in [-0.3, -0.25) is 4.79 Å². The fourth-order valence-electron chi connectivity index (χ4n) is 7.22. The van der Waals surface area contributed by atoms with Crippen molar-refractivity contribution in [2.75, 3.05) is 37.6 Å². The Bertz CT molecular complexity index is 1600. The van der Waals surface area contributed by atoms with Crippen LogP contribution in [0.2, 0.25) is 0 Å². The van der Waals surface area contributed by atoms with Crippen molar-refractivity contribution in [2.24, 2.45) is 5.92 Å². The summed E-state index contributed by atoms with van der Waals surface area (Å²) in [4.78, 5) is 32.8. The summed E-state index contributed by atoms with van der Waals surface area (Å²) in [5.41, 5.74) is 7.76. The number of carbonyl (C=O) groups is 2. The number of anilines is 1. The molecule has 2 heterocycles. The molecule has 3 atom stereocenters. The lowest BCUT2D eigenvalue weighted by molar-refractivity contribution is 0.0531. The summed E-state index contributed by atoms with van der Waals surface area (Å²) in [6, 6.07) is 34.8. The monoisotopic (exact) mass is 571 g/mol. The standard InChI is InChI=1S/C37H37N3O3/c1-26-32-18-19-40(37(42)43-25-27-8-4-2-5-9-27)35(26)34-24-31(16-17-33(32)34)38-20-22-39(23-21-38)36(41)30-14-12-29(13-15-30)28-10-6-3-7-11-28/h2-17,24,26,32,35H,18-23,25H2,1H3/t26-,32?,35?/m0/s1. The van der Waals surface area contributed by atoms with Crippen molar-refractivity contribution < 1.29 is 14.3 Å². The molecular formula is C37H37N3O3. The van der Waals surface area contributed by atoms with E-state index in [-0.39, 0.29) is 24.6 Å². The predicted octanol–water partition coefficient (Wildman–Crippen LogP) is 7.13. The number of piperazine rings is 1. The number of hydrogen-bond acceptors (Lipinski definition) is 4. The van der Waals surface area contributed by atoms with Crippen molar-refractivity contribution >= 4 is 17.7 Å². The second-order valence-electron chi connectivity index (χ2n) is 12.0. The molecule has 4 aromatic rings. The van der Waals surface area contributed by atoms with Crippen LogP contribution in [-0.2, 0) is 11.3 Å². The van der Waals surface area contributed by atoms with Gasteiger partial charge in [-0.05, 0) is 70.3 Å². The normalized spacial score (nSPS) is 21.0. The molecule has 0 aromatic heterocycles. The zero-order valence-electron chi connectivity index (χ0n) is 24.6. The van der Waals surface area contributed by atoms with Gasteiger partial charge in [0.05, 0.1) is 6.04 Å². The smallest absolute Gasteiger partial charge is 0.410 e. The average molecular weight is 572 g/mol. The molecule has 0 spiro atoms. The first-order valence-corrected chi connectivity index (χ1v) is 15.4. The fourth-order valence-corrected chi connectivity index (χ4v) is 7.22. The Morgan fingerprint density at radius 2 is 1.42 bits per heavy atom. The van der Waals surface area contributed by atoms with Gasteiger partial charge in [0, 0.05) is 44.0 Å². The molecule has 6 nitrogen and oxygen atoms in total. The summed E-state index contributed by atoms with van der Waals surface area (Å²) in [5, 5.41) is 0. The fraction of sp³-hybridized carbons (Fsp3) is 0.297. The Kier molecular flexibility index (Phi) is 7.35. The predicted molar refractivity (Wildman–Crippen MR) is 169 cm³/mol. The van der Waals surface area contributed by atoms with Crippen molar-refractivity contribution in [1.82, 2.24) is 9.80 Å². The highest BCUT2D eigenvalue weighted by molar-refractivity contribution is 5.95. The van der Waals surface area contributed by atoms with Crippen LogP contribution in [0.5, 0.6) is 0 Å². The van der Waals surface area contributed by atoms with E-state index in [1.807, 2.05) is 82.6 Å². The molecule has 2 amide bonds. The summed E-state index contributed by atoms with van der Waals surface area (Å²) in [6.45, 7) is 6.17. The lowest BCUT2D eigenvalue weighted by Gasteiger charge is -2.38. The van der Waals surface area contributed by atoms with E-state index in [1.165, 1.54) is 11.1 Å². The number of likely N-dealkylation sites (tertiary alicyclic amines) is 1. The van der Waals surface area contributed by atoms with Crippen molar-refractivity contribution in [2.45, 2.75) is 31.9 Å². The van der Waals surface area contributed by atoms with Crippen LogP contribution in [0.25, 0.3) is 11.1 Å². The van der Waals surface area contributed by atoms with Crippen molar-refractivity contribution in [3.8, 4) is 11.1 Å². The van der Waals surface area contributed by atoms with E-state index < -0.39 is 0 Å². The maximum atomic E-state index is 13.3. The first-order valence-electron chi connectivity index (χ1n) is 15.4. The highest BCUT2D eigenvalue weighted by atomic mass is 16.6. The highest BCUT2D eigenvalue weighted by Gasteiger charge is 2.47. The van der Waals surface area contributed by atoms with E-state index in [0.717, 1.165) is 47.5 Å². The Hall–Kier alpha value is -4.58. The summed E-state index contributed by atoms with van der Waals surface area (Å²) in [5.74, 6) is 0.904. The molecule has 0 N–H and O–H groups in total. The molecule has 4 aromatic carbocycles. The topological polar surface area (TPSA) is 53.1 Å². The third-order valence-electron chi connectivity index (χ3n) is 9.55. The molecule has 0 radical (unpaired) electrons. The second kappa shape index (κ2) is 11.6. The molecule has 3 aliphatic rings. The number of benzene rings is 4. The molecule has 2 bridgehead atoms. The van der Waals surface area contributed by atoms with Gasteiger partial charge in [-0.1, -0.05) is 85.8 Å². The van der Waals surface area contributed by atoms with Crippen LogP contribution >= 0.6 is 0 Å². The molecule has 218 valence electrons. The number of ether oxygens (including phenoxy) is 1. The molecule has 2 aliphatic heterocycles. The van der Waals surface area contributed by atoms with Crippen LogP contribution < -0.4 is 4.90 Å². The van der Waals surface area contributed by atoms with Crippen molar-refractivity contribution in [3.05, 3.63) is 125 Å². The Balaban J connectivity index is 1.01. The Morgan fingerprint density at radius 1 is 0.744 bits per heavy atom. The summed E-state index contributed by atoms with van der Waals surface area (Å²) < 4.78 is 5.77. The summed E-state index contributed by atoms with van der Waals surface area (Å²) in [7, 11) is 0. The van der Waals surface area contributed by atoms with E-state index in [4.69, 9.17) is 4.74 Å². The van der Waals surface area contributed by atoms with E-state index in [0.29, 0.717) is 31.5 Å². The van der Waals surface area contributed by atoms with E-state index in [2.05, 4.69) is 42.2 Å². The van der Waals surface area contributed by atoms with E-state index >= 15 is 0 Å². The van der Waals surface area contributed by atoms with Crippen molar-refractivity contribution in [1.29, 1.82) is 0 Å². The summed E-state index contributed by atoms with van der Waals surface area (Å²) >= 11 is 0. The Labute approximate surface area is 253 Å². The minimum absolute atomic E-state index is 0.0266. The van der Waals surface area contributed by atoms with Gasteiger partial charge < -0.3 is 19.4 Å². The van der Waals surface area contributed by atoms with Gasteiger partial charge in [0.1, 0.15) is 6.61 Å². The molecular weight excluding hydrogens is 534 g/mol. The minimum atomic E-state index is -0.235. The molecule has 2 saturated heterocycles. The van der Waals surface area contributed by atoms with Crippen LogP contribution in [0, 0.1) is 5.92 Å². The van der Waals surface area contributed by atoms with Gasteiger partial charge in [0.25, 0.3) is 5.91 Å². The second-order valence-corrected chi connectivity index (χ2v) is 12.0. The molecule has 1 aliphatic carbocycles. The maximum Gasteiger partial charge on any atom is 0.410 e. The van der Waals surface area contributed by atoms with Crippen LogP contribution in [0.3, 0.4) is 0 Å². The molecule has 2 unspecified atom stereocenters. The third-order valence-corrected chi connectivity index (χ3v) is 9.55. The molecule has 43 heavy (non-hydrogen) atoms. The van der Waals surface area contributed by atoms with Gasteiger partial charge in [0.2, 0.25) is 0 Å². The molecule has 2 fully saturated rings. The van der Waals surface area contributed by atoms with E-state index in [9.17, 15) is 9.59 Å². The quantitative estimate of drug-likeness (QED) is 0.256. The number of hydrogen-bond donors (Lipinski definition) is 0. The number of carbonyl (C=O) groups excluding carboxylic acids is 2. The largest absolute Gasteiger partial charge is 0.445 e. The lowest BCUT2D eigenvalue weighted by Crippen LogP contribution is -2.48. The summed E-state index contributed by atoms with van der Waals surface area (Å²) in [6.07, 6.45) is 0.721. The highest BCUT2D eigenvalue weighted by Crippen LogP contribution is 2.53. The SMILES string of the molecule is C[C@H]1C2CCN(C(=O)OCc3ccccc3)C1c1cc(N3CCN(C(=O)c4ccc(-c5ccccc5)cc4)CC3)ccc12. The molecule has 6 heteroatoms. The molecule has 0 saturated carbocycles. The van der Waals surface area contributed by atoms with Gasteiger partial charge in [0.15, 0.2) is 0 Å². The minimum Gasteiger partial charge on any atom is -0.445 e. The van der Waals surface area contributed by atoms with Crippen LogP contribution in [0.4, 0.5) is 10.5 Å². The average Bonchev–Trinajstić information content (AvgIpc) is 3.22. The number of nitrogens with zero attached hydrogens (tertiary/aromatic N) is 3. The zero-order valence-corrected chi connectivity index (χ0v) is 24.6.